The summed E-state index contributed by atoms with van der Waals surface area (Å²) in [5.41, 5.74) is 0.960. The molecule has 0 fully saturated rings. The molecule has 6 nitrogen and oxygen atoms in total. The van der Waals surface area contributed by atoms with E-state index < -0.39 is 10.0 Å². The molecular weight excluding hydrogens is 308 g/mol. The number of sulfonamides is 1. The summed E-state index contributed by atoms with van der Waals surface area (Å²) in [7, 11) is -2.00. The zero-order valence-electron chi connectivity index (χ0n) is 11.7. The van der Waals surface area contributed by atoms with Crippen molar-refractivity contribution in [2.24, 2.45) is 0 Å². The molecule has 0 aliphatic rings. The van der Waals surface area contributed by atoms with Crippen LogP contribution in [0.2, 0.25) is 0 Å². The lowest BCUT2D eigenvalue weighted by Crippen LogP contribution is -2.18. The van der Waals surface area contributed by atoms with Crippen LogP contribution >= 0.6 is 11.8 Å². The van der Waals surface area contributed by atoms with Gasteiger partial charge in [-0.2, -0.15) is 0 Å². The molecule has 2 rings (SSSR count). The van der Waals surface area contributed by atoms with Crippen LogP contribution in [0.3, 0.4) is 0 Å². The number of hydrogen-bond donors (Lipinski definition) is 2. The smallest absolute Gasteiger partial charge is 0.240 e. The van der Waals surface area contributed by atoms with Crippen molar-refractivity contribution in [2.45, 2.75) is 16.5 Å². The van der Waals surface area contributed by atoms with E-state index in [0.717, 1.165) is 10.6 Å². The van der Waals surface area contributed by atoms with Crippen LogP contribution in [0.15, 0.2) is 46.6 Å². The molecule has 0 aliphatic heterocycles. The Morgan fingerprint density at radius 3 is 2.52 bits per heavy atom. The maximum Gasteiger partial charge on any atom is 0.240 e. The molecule has 0 atom stereocenters. The molecule has 0 bridgehead atoms. The summed E-state index contributed by atoms with van der Waals surface area (Å²) in [5.74, 6) is 0.689. The molecule has 0 amide bonds. The fraction of sp³-hybridized carbons (Fsp3) is 0.231. The minimum Gasteiger partial charge on any atom is -0.365 e. The first-order valence-corrected chi connectivity index (χ1v) is 8.88. The highest BCUT2D eigenvalue weighted by Gasteiger charge is 2.10. The third-order valence-corrected chi connectivity index (χ3v) is 4.84. The molecule has 1 heterocycles. The van der Waals surface area contributed by atoms with E-state index in [9.17, 15) is 8.42 Å². The summed E-state index contributed by atoms with van der Waals surface area (Å²) in [6, 6.07) is 6.69. The van der Waals surface area contributed by atoms with Crippen molar-refractivity contribution in [3.63, 3.8) is 0 Å². The van der Waals surface area contributed by atoms with Gasteiger partial charge >= 0.3 is 0 Å². The highest BCUT2D eigenvalue weighted by atomic mass is 32.2. The van der Waals surface area contributed by atoms with Gasteiger partial charge in [-0.25, -0.2) is 18.1 Å². The van der Waals surface area contributed by atoms with Crippen LogP contribution < -0.4 is 10.0 Å². The highest BCUT2D eigenvalue weighted by molar-refractivity contribution is 7.98. The molecule has 1 aromatic heterocycles. The molecule has 2 N–H and O–H groups in total. The van der Waals surface area contributed by atoms with Gasteiger partial charge in [-0.05, 0) is 31.0 Å². The van der Waals surface area contributed by atoms with Gasteiger partial charge in [0.15, 0.2) is 0 Å². The zero-order valence-corrected chi connectivity index (χ0v) is 13.3. The van der Waals surface area contributed by atoms with E-state index >= 15 is 0 Å². The third-order valence-electron chi connectivity index (χ3n) is 2.80. The van der Waals surface area contributed by atoms with Gasteiger partial charge in [0.05, 0.1) is 17.3 Å². The first-order valence-electron chi connectivity index (χ1n) is 6.17. The molecule has 0 saturated carbocycles. The SMILES string of the molecule is CNS(=O)(=O)c1ccc(CNc2cncc(SC)n2)cc1. The van der Waals surface area contributed by atoms with Gasteiger partial charge < -0.3 is 5.32 Å². The minimum absolute atomic E-state index is 0.248. The van der Waals surface area contributed by atoms with Gasteiger partial charge in [-0.3, -0.25) is 4.98 Å². The Bertz CT molecular complexity index is 702. The number of aromatic nitrogens is 2. The summed E-state index contributed by atoms with van der Waals surface area (Å²) in [6.45, 7) is 0.548. The van der Waals surface area contributed by atoms with Crippen molar-refractivity contribution in [3.05, 3.63) is 42.2 Å². The lowest BCUT2D eigenvalue weighted by molar-refractivity contribution is 0.588. The largest absolute Gasteiger partial charge is 0.365 e. The van der Waals surface area contributed by atoms with E-state index in [0.29, 0.717) is 12.4 Å². The van der Waals surface area contributed by atoms with Crippen LogP contribution in [0.1, 0.15) is 5.56 Å². The molecule has 0 unspecified atom stereocenters. The monoisotopic (exact) mass is 324 g/mol. The second kappa shape index (κ2) is 6.88. The highest BCUT2D eigenvalue weighted by Crippen LogP contribution is 2.14. The molecule has 2 aromatic rings. The lowest BCUT2D eigenvalue weighted by atomic mass is 10.2. The van der Waals surface area contributed by atoms with Crippen LogP contribution in [0.5, 0.6) is 0 Å². The Morgan fingerprint density at radius 2 is 1.90 bits per heavy atom. The van der Waals surface area contributed by atoms with Crippen LogP contribution in [0, 0.1) is 0 Å². The molecule has 1 aromatic carbocycles. The van der Waals surface area contributed by atoms with Crippen molar-refractivity contribution in [1.82, 2.24) is 14.7 Å². The average Bonchev–Trinajstić information content (AvgIpc) is 2.53. The number of nitrogens with one attached hydrogen (secondary N) is 2. The zero-order chi connectivity index (χ0) is 15.3. The predicted octanol–water partition coefficient (Wildman–Crippen LogP) is 1.72. The quantitative estimate of drug-likeness (QED) is 0.787. The Kier molecular flexibility index (Phi) is 5.16. The first kappa shape index (κ1) is 15.7. The van der Waals surface area contributed by atoms with Gasteiger partial charge in [-0.1, -0.05) is 12.1 Å². The van der Waals surface area contributed by atoms with Crippen molar-refractivity contribution >= 4 is 27.6 Å². The molecule has 0 radical (unpaired) electrons. The number of hydrogen-bond acceptors (Lipinski definition) is 6. The first-order chi connectivity index (χ1) is 10.0. The normalized spacial score (nSPS) is 11.3. The van der Waals surface area contributed by atoms with Crippen molar-refractivity contribution in [3.8, 4) is 0 Å². The Hall–Kier alpha value is -1.64. The molecule has 112 valence electrons. The molecule has 0 saturated heterocycles. The standard InChI is InChI=1S/C13H16N4O2S2/c1-14-21(18,19)11-5-3-10(4-6-11)7-16-12-8-15-9-13(17-12)20-2/h3-6,8-9,14H,7H2,1-2H3,(H,16,17). The van der Waals surface area contributed by atoms with Gasteiger partial charge in [-0.15, -0.1) is 11.8 Å². The third kappa shape index (κ3) is 4.16. The summed E-state index contributed by atoms with van der Waals surface area (Å²) >= 11 is 1.52. The lowest BCUT2D eigenvalue weighted by Gasteiger charge is -2.07. The van der Waals surface area contributed by atoms with Crippen LogP contribution in [-0.2, 0) is 16.6 Å². The fourth-order valence-corrected chi connectivity index (χ4v) is 2.71. The predicted molar refractivity (Wildman–Crippen MR) is 83.8 cm³/mol. The van der Waals surface area contributed by atoms with Gasteiger partial charge in [0.2, 0.25) is 10.0 Å². The van der Waals surface area contributed by atoms with E-state index in [-0.39, 0.29) is 4.90 Å². The van der Waals surface area contributed by atoms with Gasteiger partial charge in [0.25, 0.3) is 0 Å². The Labute approximate surface area is 128 Å². The van der Waals surface area contributed by atoms with Crippen molar-refractivity contribution in [1.29, 1.82) is 0 Å². The van der Waals surface area contributed by atoms with Crippen molar-refractivity contribution in [2.75, 3.05) is 18.6 Å². The van der Waals surface area contributed by atoms with E-state index in [1.165, 1.54) is 18.8 Å². The maximum absolute atomic E-state index is 11.6. The van der Waals surface area contributed by atoms with Crippen LogP contribution in [0.25, 0.3) is 0 Å². The Morgan fingerprint density at radius 1 is 1.19 bits per heavy atom. The van der Waals surface area contributed by atoms with E-state index in [2.05, 4.69) is 20.0 Å². The number of nitrogens with zero attached hydrogens (tertiary/aromatic N) is 2. The number of thioether (sulfide) groups is 1. The van der Waals surface area contributed by atoms with Crippen molar-refractivity contribution < 1.29 is 8.42 Å². The van der Waals surface area contributed by atoms with Gasteiger partial charge in [0, 0.05) is 6.54 Å². The van der Waals surface area contributed by atoms with Gasteiger partial charge in [0.1, 0.15) is 10.8 Å². The molecule has 8 heteroatoms. The minimum atomic E-state index is -3.39. The van der Waals surface area contributed by atoms with E-state index in [4.69, 9.17) is 0 Å². The summed E-state index contributed by atoms with van der Waals surface area (Å²) in [6.07, 6.45) is 5.29. The van der Waals surface area contributed by atoms with Crippen LogP contribution in [-0.4, -0.2) is 31.7 Å². The second-order valence-electron chi connectivity index (χ2n) is 4.15. The molecule has 0 aliphatic carbocycles. The molecule has 0 spiro atoms. The van der Waals surface area contributed by atoms with Crippen LogP contribution in [0.4, 0.5) is 5.82 Å². The maximum atomic E-state index is 11.6. The summed E-state index contributed by atoms with van der Waals surface area (Å²) in [5, 5.41) is 4.00. The van der Waals surface area contributed by atoms with E-state index in [1.54, 1.807) is 36.7 Å². The number of benzene rings is 1. The summed E-state index contributed by atoms with van der Waals surface area (Å²) < 4.78 is 25.5. The average molecular weight is 324 g/mol. The second-order valence-corrected chi connectivity index (χ2v) is 6.86. The topological polar surface area (TPSA) is 84.0 Å². The Balaban J connectivity index is 2.04. The molecular formula is C13H16N4O2S2. The summed E-state index contributed by atoms with van der Waals surface area (Å²) in [4.78, 5) is 8.70. The number of anilines is 1. The fourth-order valence-electron chi connectivity index (χ4n) is 1.63. The van der Waals surface area contributed by atoms with E-state index in [1.807, 2.05) is 6.26 Å². The number of rotatable bonds is 6. The molecule has 21 heavy (non-hydrogen) atoms.